The Morgan fingerprint density at radius 1 is 0.844 bits per heavy atom. The van der Waals surface area contributed by atoms with Crippen LogP contribution in [0.25, 0.3) is 21.3 Å². The van der Waals surface area contributed by atoms with E-state index in [-0.39, 0.29) is 71.7 Å². The Balaban J connectivity index is 0.684. The molecular weight excluding hydrogens is 1170 g/mol. The summed E-state index contributed by atoms with van der Waals surface area (Å²) in [5.74, 6) is -3.28. The minimum Gasteiger partial charge on any atom is -0.476 e. The number of carbonyl (C=O) groups is 8. The van der Waals surface area contributed by atoms with Crippen molar-refractivity contribution >= 4 is 85.7 Å². The molecular formula is C67H77N11O11S. The van der Waals surface area contributed by atoms with Gasteiger partial charge in [0.25, 0.3) is 17.7 Å². The van der Waals surface area contributed by atoms with E-state index in [0.717, 1.165) is 70.5 Å². The van der Waals surface area contributed by atoms with Gasteiger partial charge in [0.2, 0.25) is 17.7 Å². The lowest BCUT2D eigenvalue weighted by atomic mass is 9.39. The fourth-order valence-electron chi connectivity index (χ4n) is 15.6. The first-order chi connectivity index (χ1) is 42.9. The highest BCUT2D eigenvalue weighted by atomic mass is 32.1. The van der Waals surface area contributed by atoms with Gasteiger partial charge >= 0.3 is 12.1 Å². The van der Waals surface area contributed by atoms with E-state index in [2.05, 4.69) is 29.5 Å². The van der Waals surface area contributed by atoms with Gasteiger partial charge in [-0.3, -0.25) is 48.6 Å². The minimum atomic E-state index is -1.15. The van der Waals surface area contributed by atoms with E-state index >= 15 is 0 Å². The second kappa shape index (κ2) is 25.2. The number of rotatable bonds is 24. The van der Waals surface area contributed by atoms with Crippen LogP contribution < -0.4 is 26.2 Å². The number of amides is 7. The number of unbranched alkanes of at least 4 members (excludes halogenated alkanes) is 2. The number of likely N-dealkylation sites (N-methyl/N-ethyl adjacent to an activating group) is 1. The van der Waals surface area contributed by atoms with Crippen LogP contribution in [0.1, 0.15) is 135 Å². The number of imide groups is 1. The molecule has 90 heavy (non-hydrogen) atoms. The molecule has 23 heteroatoms. The summed E-state index contributed by atoms with van der Waals surface area (Å²) in [6.45, 7) is 12.1. The third-order valence-corrected chi connectivity index (χ3v) is 19.6. The average Bonchev–Trinajstić information content (AvgIpc) is 0.736. The van der Waals surface area contributed by atoms with Gasteiger partial charge in [-0.15, -0.1) is 0 Å². The summed E-state index contributed by atoms with van der Waals surface area (Å²) in [5, 5.41) is 21.9. The number of primary amides is 1. The third kappa shape index (κ3) is 13.2. The van der Waals surface area contributed by atoms with Gasteiger partial charge in [-0.25, -0.2) is 19.6 Å². The fraction of sp³-hybridized carbons (Fsp3) is 0.448. The van der Waals surface area contributed by atoms with Crippen molar-refractivity contribution in [3.63, 3.8) is 0 Å². The molecule has 5 N–H and O–H groups in total. The minimum absolute atomic E-state index is 0.0126. The summed E-state index contributed by atoms with van der Waals surface area (Å²) in [6, 6.07) is 21.7. The number of hydrogen-bond acceptors (Lipinski definition) is 15. The molecule has 2 aliphatic heterocycles. The number of aromatic carboxylic acids is 1. The Kier molecular flexibility index (Phi) is 17.6. The number of carbonyl (C=O) groups excluding carboxylic acids is 7. The number of ether oxygens (including phenoxy) is 2. The second-order valence-corrected chi connectivity index (χ2v) is 27.2. The van der Waals surface area contributed by atoms with Gasteiger partial charge in [0.1, 0.15) is 24.5 Å². The average molecular weight is 1240 g/mol. The Morgan fingerprint density at radius 3 is 2.29 bits per heavy atom. The maximum Gasteiger partial charge on any atom is 0.409 e. The molecule has 0 spiro atoms. The summed E-state index contributed by atoms with van der Waals surface area (Å²) in [6.07, 6.45) is 11.7. The first-order valence-electron chi connectivity index (χ1n) is 30.8. The number of para-hydroxylation sites is 1. The molecule has 3 aromatic heterocycles. The van der Waals surface area contributed by atoms with E-state index in [0.29, 0.717) is 90.8 Å². The maximum atomic E-state index is 13.8. The lowest BCUT2D eigenvalue weighted by Crippen LogP contribution is -2.64. The van der Waals surface area contributed by atoms with Crippen molar-refractivity contribution in [2.75, 3.05) is 48.4 Å². The highest BCUT2D eigenvalue weighted by Crippen LogP contribution is 2.72. The predicted octanol–water partition coefficient (Wildman–Crippen LogP) is 8.98. The van der Waals surface area contributed by atoms with Gasteiger partial charge in [-0.1, -0.05) is 68.0 Å². The highest BCUT2D eigenvalue weighted by Gasteiger charge is 2.66. The maximum absolute atomic E-state index is 13.8. The molecule has 4 atom stereocenters. The van der Waals surface area contributed by atoms with Crippen LogP contribution in [-0.2, 0) is 59.6 Å². The Hall–Kier alpha value is -8.83. The molecule has 7 amide bonds. The van der Waals surface area contributed by atoms with Crippen LogP contribution in [0.5, 0.6) is 0 Å². The number of carboxylic acids is 1. The molecule has 6 aliphatic rings. The van der Waals surface area contributed by atoms with Crippen molar-refractivity contribution in [2.45, 2.75) is 143 Å². The smallest absolute Gasteiger partial charge is 0.409 e. The van der Waals surface area contributed by atoms with E-state index in [1.165, 1.54) is 47.1 Å². The number of nitrogens with two attached hydrogens (primary N) is 1. The number of nitrogens with one attached hydrogen (secondary N) is 2. The van der Waals surface area contributed by atoms with Crippen LogP contribution in [-0.4, -0.2) is 133 Å². The van der Waals surface area contributed by atoms with Gasteiger partial charge in [-0.05, 0) is 154 Å². The van der Waals surface area contributed by atoms with Crippen LogP contribution in [0.2, 0.25) is 0 Å². The van der Waals surface area contributed by atoms with Crippen molar-refractivity contribution in [1.29, 1.82) is 0 Å². The molecule has 4 saturated carbocycles. The predicted molar refractivity (Wildman–Crippen MR) is 338 cm³/mol. The number of benzene rings is 3. The normalized spacial score (nSPS) is 22.1. The van der Waals surface area contributed by atoms with E-state index < -0.39 is 41.6 Å². The molecule has 4 fully saturated rings. The standard InChI is InChI=1S/C67H77N11O11S/c1-41(70-54(79)17-8-7-11-27-76-55(80)24-25-56(76)81)60(84)78(43(3)58(68)82)46-20-18-44(19-21-46)33-88-63(87)74(6)29-30-89-67-37-64(4)34-65(5,38-67)36-66(35-64,39-67)40-77-42(2)49(31-69-77)47-22-23-53(72-57(47)61(85)86)75-28-26-45-13-12-14-48(50(45)32-75)59(83)73-62-71-51-15-9-10-16-52(51)90-62/h9-10,12-16,18-25,31,41,43H,7-8,11,17,26-30,32-40H2,1-6H3,(H2,68,82)(H,70,79)(H,85,86)(H,71,73,83)/t41-,43-,64?,65?,66?,67?/m0/s1. The zero-order valence-electron chi connectivity index (χ0n) is 51.7. The molecule has 4 aliphatic carbocycles. The molecule has 2 unspecified atom stereocenters. The number of pyridine rings is 1. The van der Waals surface area contributed by atoms with E-state index in [1.807, 2.05) is 71.1 Å². The van der Waals surface area contributed by atoms with Gasteiger partial charge in [-0.2, -0.15) is 5.10 Å². The van der Waals surface area contributed by atoms with Crippen LogP contribution in [0.15, 0.2) is 97.2 Å². The lowest BCUT2D eigenvalue weighted by Gasteiger charge is -2.69. The molecule has 3 aromatic carbocycles. The first-order valence-corrected chi connectivity index (χ1v) is 31.6. The topological polar surface area (TPSA) is 282 Å². The quantitative estimate of drug-likeness (QED) is 0.0325. The van der Waals surface area contributed by atoms with E-state index in [1.54, 1.807) is 37.5 Å². The lowest BCUT2D eigenvalue weighted by molar-refractivity contribution is -0.248. The Labute approximate surface area is 526 Å². The number of hydrogen-bond donors (Lipinski definition) is 4. The van der Waals surface area contributed by atoms with Crippen LogP contribution >= 0.6 is 11.3 Å². The second-order valence-electron chi connectivity index (χ2n) is 26.1. The van der Waals surface area contributed by atoms with E-state index in [4.69, 9.17) is 25.3 Å². The monoisotopic (exact) mass is 1240 g/mol. The number of fused-ring (bicyclic) bond motifs is 2. The van der Waals surface area contributed by atoms with Gasteiger partial charge in [0, 0.05) is 86.4 Å². The van der Waals surface area contributed by atoms with Gasteiger partial charge < -0.3 is 35.4 Å². The molecule has 12 rings (SSSR count). The summed E-state index contributed by atoms with van der Waals surface area (Å²) < 4.78 is 15.7. The van der Waals surface area contributed by atoms with Crippen molar-refractivity contribution in [2.24, 2.45) is 22.0 Å². The third-order valence-electron chi connectivity index (χ3n) is 18.7. The van der Waals surface area contributed by atoms with Gasteiger partial charge in [0.15, 0.2) is 10.8 Å². The zero-order valence-corrected chi connectivity index (χ0v) is 52.5. The number of aromatic nitrogens is 4. The number of nitrogens with zero attached hydrogens (tertiary/aromatic N) is 8. The molecule has 0 radical (unpaired) electrons. The van der Waals surface area contributed by atoms with Crippen molar-refractivity contribution in [1.82, 2.24) is 34.9 Å². The molecule has 6 aromatic rings. The highest BCUT2D eigenvalue weighted by molar-refractivity contribution is 7.22. The van der Waals surface area contributed by atoms with E-state index in [9.17, 15) is 43.5 Å². The number of carboxylic acid groups (broad SMARTS) is 1. The SMILES string of the molecule is Cc1c(-c2ccc(N3CCc4cccc(C(=O)Nc5nc6ccccc6s5)c4C3)nc2C(=O)O)cnn1CC12CC3(C)CC(C)(C1)CC(OCCN(C)C(=O)OCc1ccc(N(C(=O)[C@H](C)NC(=O)CCCCCN4C(=O)C=CC4=O)[C@@H](C)C(N)=O)cc1)(C3)C2. The summed E-state index contributed by atoms with van der Waals surface area (Å²) in [7, 11) is 1.67. The zero-order chi connectivity index (χ0) is 63.9. The Morgan fingerprint density at radius 2 is 1.58 bits per heavy atom. The molecule has 22 nitrogen and oxygen atoms in total. The van der Waals surface area contributed by atoms with Crippen molar-refractivity contribution < 1.29 is 52.9 Å². The van der Waals surface area contributed by atoms with Crippen molar-refractivity contribution in [3.8, 4) is 11.1 Å². The van der Waals surface area contributed by atoms with Crippen molar-refractivity contribution in [3.05, 3.63) is 131 Å². The number of anilines is 3. The summed E-state index contributed by atoms with van der Waals surface area (Å²) in [5.41, 5.74) is 11.3. The molecule has 472 valence electrons. The van der Waals surface area contributed by atoms with Crippen LogP contribution in [0.4, 0.5) is 21.4 Å². The number of thiazole rings is 1. The molecule has 5 heterocycles. The molecule has 0 saturated heterocycles. The summed E-state index contributed by atoms with van der Waals surface area (Å²) in [4.78, 5) is 118. The largest absolute Gasteiger partial charge is 0.476 e. The fourth-order valence-corrected chi connectivity index (χ4v) is 16.4. The van der Waals surface area contributed by atoms with Crippen LogP contribution in [0, 0.1) is 23.2 Å². The first kappa shape index (κ1) is 62.8. The van der Waals surface area contributed by atoms with Gasteiger partial charge in [0.05, 0.1) is 28.6 Å². The molecule has 4 bridgehead atoms. The summed E-state index contributed by atoms with van der Waals surface area (Å²) >= 11 is 1.42. The van der Waals surface area contributed by atoms with Crippen LogP contribution in [0.3, 0.4) is 0 Å². The Bertz CT molecular complexity index is 3790.